The lowest BCUT2D eigenvalue weighted by molar-refractivity contribution is 0.439. The minimum absolute atomic E-state index is 0.343. The Balaban J connectivity index is 1.68. The quantitative estimate of drug-likeness (QED) is 0.846. The third-order valence-electron chi connectivity index (χ3n) is 4.36. The van der Waals surface area contributed by atoms with E-state index < -0.39 is 0 Å². The largest absolute Gasteiger partial charge is 0.366 e. The highest BCUT2D eigenvalue weighted by atomic mass is 35.5. The summed E-state index contributed by atoms with van der Waals surface area (Å²) in [6.07, 6.45) is 5.47. The zero-order valence-electron chi connectivity index (χ0n) is 9.90. The molecular formula is C13H14ClN3S. The summed E-state index contributed by atoms with van der Waals surface area (Å²) in [6.45, 7) is 0. The van der Waals surface area contributed by atoms with E-state index in [-0.39, 0.29) is 0 Å². The Hall–Kier alpha value is -0.870. The van der Waals surface area contributed by atoms with E-state index >= 15 is 0 Å². The molecule has 0 aliphatic heterocycles. The lowest BCUT2D eigenvalue weighted by Crippen LogP contribution is -2.26. The van der Waals surface area contributed by atoms with Crippen molar-refractivity contribution >= 4 is 39.0 Å². The van der Waals surface area contributed by atoms with Gasteiger partial charge in [0, 0.05) is 6.04 Å². The molecule has 0 saturated heterocycles. The highest BCUT2D eigenvalue weighted by molar-refractivity contribution is 7.16. The summed E-state index contributed by atoms with van der Waals surface area (Å²) in [5.74, 6) is 2.68. The van der Waals surface area contributed by atoms with Gasteiger partial charge >= 0.3 is 0 Å². The van der Waals surface area contributed by atoms with Gasteiger partial charge in [0.1, 0.15) is 10.6 Å². The lowest BCUT2D eigenvalue weighted by atomic mass is 9.95. The van der Waals surface area contributed by atoms with Crippen LogP contribution in [0.3, 0.4) is 0 Å². The first kappa shape index (κ1) is 11.0. The van der Waals surface area contributed by atoms with E-state index in [0.29, 0.717) is 11.3 Å². The van der Waals surface area contributed by atoms with Crippen molar-refractivity contribution in [1.29, 1.82) is 0 Å². The number of halogens is 1. The molecular weight excluding hydrogens is 266 g/mol. The second kappa shape index (κ2) is 4.07. The Morgan fingerprint density at radius 1 is 1.28 bits per heavy atom. The molecule has 0 spiro atoms. The number of nitrogens with one attached hydrogen (secondary N) is 1. The van der Waals surface area contributed by atoms with Gasteiger partial charge in [-0.2, -0.15) is 0 Å². The summed E-state index contributed by atoms with van der Waals surface area (Å²) < 4.78 is 0. The molecule has 3 unspecified atom stereocenters. The number of aromatic nitrogens is 2. The van der Waals surface area contributed by atoms with Gasteiger partial charge in [-0.3, -0.25) is 0 Å². The van der Waals surface area contributed by atoms with Crippen LogP contribution in [-0.2, 0) is 0 Å². The molecule has 3 nitrogen and oxygen atoms in total. The van der Waals surface area contributed by atoms with E-state index in [2.05, 4.69) is 21.4 Å². The summed E-state index contributed by atoms with van der Waals surface area (Å²) >= 11 is 7.60. The number of nitrogens with zero attached hydrogens (tertiary/aromatic N) is 2. The van der Waals surface area contributed by atoms with Crippen LogP contribution in [0.1, 0.15) is 25.7 Å². The number of hydrogen-bond donors (Lipinski definition) is 1. The molecule has 2 fully saturated rings. The van der Waals surface area contributed by atoms with Crippen molar-refractivity contribution in [2.45, 2.75) is 31.7 Å². The predicted octanol–water partition coefficient (Wildman–Crippen LogP) is 3.95. The average molecular weight is 280 g/mol. The Morgan fingerprint density at radius 3 is 3.00 bits per heavy atom. The summed E-state index contributed by atoms with van der Waals surface area (Å²) in [6, 6.07) is 2.66. The van der Waals surface area contributed by atoms with E-state index in [4.69, 9.17) is 11.6 Å². The van der Waals surface area contributed by atoms with Crippen molar-refractivity contribution in [1.82, 2.24) is 9.97 Å². The second-order valence-corrected chi connectivity index (χ2v) is 6.64. The van der Waals surface area contributed by atoms with E-state index in [1.807, 2.05) is 5.38 Å². The fourth-order valence-corrected chi connectivity index (χ4v) is 4.52. The topological polar surface area (TPSA) is 37.8 Å². The van der Waals surface area contributed by atoms with Crippen molar-refractivity contribution in [2.75, 3.05) is 5.32 Å². The molecule has 94 valence electrons. The lowest BCUT2D eigenvalue weighted by Gasteiger charge is -2.23. The number of hydrogen-bond acceptors (Lipinski definition) is 4. The molecule has 2 saturated carbocycles. The van der Waals surface area contributed by atoms with Gasteiger partial charge in [0.2, 0.25) is 5.28 Å². The first-order valence-electron chi connectivity index (χ1n) is 6.47. The Kier molecular flexibility index (Phi) is 2.49. The fraction of sp³-hybridized carbons (Fsp3) is 0.538. The van der Waals surface area contributed by atoms with Gasteiger partial charge in [-0.25, -0.2) is 9.97 Å². The van der Waals surface area contributed by atoms with Gasteiger partial charge in [0.25, 0.3) is 0 Å². The van der Waals surface area contributed by atoms with E-state index in [1.165, 1.54) is 25.7 Å². The molecule has 0 amide bonds. The first-order valence-corrected chi connectivity index (χ1v) is 7.72. The third kappa shape index (κ3) is 1.70. The van der Waals surface area contributed by atoms with Gasteiger partial charge < -0.3 is 5.32 Å². The molecule has 5 heteroatoms. The zero-order valence-corrected chi connectivity index (χ0v) is 11.5. The van der Waals surface area contributed by atoms with Gasteiger partial charge in [-0.1, -0.05) is 6.42 Å². The molecule has 2 bridgehead atoms. The molecule has 2 heterocycles. The van der Waals surface area contributed by atoms with Crippen molar-refractivity contribution in [3.63, 3.8) is 0 Å². The van der Waals surface area contributed by atoms with E-state index in [9.17, 15) is 0 Å². The van der Waals surface area contributed by atoms with Gasteiger partial charge in [-0.15, -0.1) is 11.3 Å². The van der Waals surface area contributed by atoms with Crippen molar-refractivity contribution in [3.8, 4) is 0 Å². The molecule has 3 atom stereocenters. The molecule has 4 rings (SSSR count). The van der Waals surface area contributed by atoms with Crippen LogP contribution in [0.2, 0.25) is 5.28 Å². The Bertz CT molecular complexity index is 597. The molecule has 2 aromatic rings. The van der Waals surface area contributed by atoms with Crippen molar-refractivity contribution in [3.05, 3.63) is 16.7 Å². The Labute approximate surface area is 115 Å². The average Bonchev–Trinajstić information content (AvgIpc) is 3.02. The van der Waals surface area contributed by atoms with Crippen LogP contribution in [0.5, 0.6) is 0 Å². The van der Waals surface area contributed by atoms with Crippen LogP contribution >= 0.6 is 22.9 Å². The van der Waals surface area contributed by atoms with E-state index in [0.717, 1.165) is 27.9 Å². The Morgan fingerprint density at radius 2 is 2.22 bits per heavy atom. The summed E-state index contributed by atoms with van der Waals surface area (Å²) in [5.41, 5.74) is 0. The van der Waals surface area contributed by atoms with Gasteiger partial charge in [-0.05, 0) is 54.1 Å². The monoisotopic (exact) mass is 279 g/mol. The summed E-state index contributed by atoms with van der Waals surface area (Å²) in [4.78, 5) is 9.59. The first-order chi connectivity index (χ1) is 8.79. The smallest absolute Gasteiger partial charge is 0.225 e. The van der Waals surface area contributed by atoms with Gasteiger partial charge in [0.05, 0.1) is 5.39 Å². The van der Waals surface area contributed by atoms with Crippen LogP contribution in [0, 0.1) is 11.8 Å². The number of rotatable bonds is 2. The highest BCUT2D eigenvalue weighted by Crippen LogP contribution is 2.45. The highest BCUT2D eigenvalue weighted by Gasteiger charge is 2.39. The summed E-state index contributed by atoms with van der Waals surface area (Å²) in [5, 5.41) is 7.10. The molecule has 1 N–H and O–H groups in total. The number of fused-ring (bicyclic) bond motifs is 3. The molecule has 0 aromatic carbocycles. The zero-order chi connectivity index (χ0) is 12.1. The van der Waals surface area contributed by atoms with Crippen LogP contribution < -0.4 is 5.32 Å². The minimum Gasteiger partial charge on any atom is -0.366 e. The van der Waals surface area contributed by atoms with E-state index in [1.54, 1.807) is 11.3 Å². The predicted molar refractivity (Wildman–Crippen MR) is 75.3 cm³/mol. The normalized spacial score (nSPS) is 30.2. The third-order valence-corrected chi connectivity index (χ3v) is 5.33. The molecule has 2 aliphatic rings. The van der Waals surface area contributed by atoms with Crippen LogP contribution in [0.25, 0.3) is 10.2 Å². The SMILES string of the molecule is Clc1nc(NC2CC3CCC2C3)c2ccsc2n1. The van der Waals surface area contributed by atoms with Crippen LogP contribution in [0.15, 0.2) is 11.4 Å². The number of anilines is 1. The van der Waals surface area contributed by atoms with Gasteiger partial charge in [0.15, 0.2) is 0 Å². The number of thiophene rings is 1. The molecule has 0 radical (unpaired) electrons. The summed E-state index contributed by atoms with van der Waals surface area (Å²) in [7, 11) is 0. The van der Waals surface area contributed by atoms with Crippen molar-refractivity contribution in [2.24, 2.45) is 11.8 Å². The molecule has 18 heavy (non-hydrogen) atoms. The maximum absolute atomic E-state index is 5.99. The van der Waals surface area contributed by atoms with Crippen molar-refractivity contribution < 1.29 is 0 Å². The maximum atomic E-state index is 5.99. The van der Waals surface area contributed by atoms with Crippen LogP contribution in [0.4, 0.5) is 5.82 Å². The molecule has 2 aromatic heterocycles. The fourth-order valence-electron chi connectivity index (χ4n) is 3.54. The van der Waals surface area contributed by atoms with Crippen LogP contribution in [-0.4, -0.2) is 16.0 Å². The maximum Gasteiger partial charge on any atom is 0.225 e. The second-order valence-electron chi connectivity index (χ2n) is 5.41. The standard InChI is InChI=1S/C13H14ClN3S/c14-13-16-11(9-3-4-18-12(9)17-13)15-10-6-7-1-2-8(10)5-7/h3-4,7-8,10H,1-2,5-6H2,(H,15,16,17). The minimum atomic E-state index is 0.343. The molecule has 2 aliphatic carbocycles.